The molecule has 0 spiro atoms. The molecule has 0 aromatic rings. The zero-order valence-corrected chi connectivity index (χ0v) is 12.6. The molecule has 0 heterocycles. The van der Waals surface area contributed by atoms with Crippen LogP contribution in [0.3, 0.4) is 0 Å². The molecule has 0 saturated heterocycles. The second kappa shape index (κ2) is 14.7. The molecular formula is C13H28N2O5. The van der Waals surface area contributed by atoms with Gasteiger partial charge < -0.3 is 18.9 Å². The van der Waals surface area contributed by atoms with Gasteiger partial charge in [-0.15, -0.1) is 0 Å². The summed E-state index contributed by atoms with van der Waals surface area (Å²) in [5.74, 6) is 4.62. The smallest absolute Gasteiger partial charge is 0.262 e. The standard InChI is InChI=1S/C13H28N2O5/c1-3-4-5-17-6-7-18-8-9-19-10-11-20-12(2)13(16)15-14/h12H,3-11,14H2,1-2H3,(H,15,16). The lowest BCUT2D eigenvalue weighted by atomic mass is 10.4. The Morgan fingerprint density at radius 1 is 1.00 bits per heavy atom. The topological polar surface area (TPSA) is 92.0 Å². The number of carbonyl (C=O) groups excluding carboxylic acids is 1. The number of hydrazine groups is 1. The van der Waals surface area contributed by atoms with E-state index in [0.29, 0.717) is 39.6 Å². The molecule has 7 heteroatoms. The third-order valence-corrected chi connectivity index (χ3v) is 2.49. The highest BCUT2D eigenvalue weighted by molar-refractivity contribution is 5.79. The number of hydrogen-bond donors (Lipinski definition) is 2. The van der Waals surface area contributed by atoms with E-state index in [0.717, 1.165) is 19.4 Å². The summed E-state index contributed by atoms with van der Waals surface area (Å²) in [6.07, 6.45) is 1.66. The minimum absolute atomic E-state index is 0.342. The van der Waals surface area contributed by atoms with Crippen molar-refractivity contribution in [2.45, 2.75) is 32.8 Å². The van der Waals surface area contributed by atoms with Gasteiger partial charge in [-0.1, -0.05) is 13.3 Å². The SMILES string of the molecule is CCCCOCCOCCOCCOC(C)C(=O)NN. The second-order valence-electron chi connectivity index (χ2n) is 4.21. The lowest BCUT2D eigenvalue weighted by Gasteiger charge is -2.11. The van der Waals surface area contributed by atoms with Crippen molar-refractivity contribution in [1.29, 1.82) is 0 Å². The van der Waals surface area contributed by atoms with Gasteiger partial charge in [-0.3, -0.25) is 10.2 Å². The van der Waals surface area contributed by atoms with E-state index in [4.69, 9.17) is 24.8 Å². The molecule has 0 aliphatic carbocycles. The van der Waals surface area contributed by atoms with Crippen molar-refractivity contribution < 1.29 is 23.7 Å². The van der Waals surface area contributed by atoms with E-state index >= 15 is 0 Å². The summed E-state index contributed by atoms with van der Waals surface area (Å²) in [7, 11) is 0. The average Bonchev–Trinajstić information content (AvgIpc) is 2.47. The van der Waals surface area contributed by atoms with Crippen molar-refractivity contribution in [2.75, 3.05) is 46.2 Å². The van der Waals surface area contributed by atoms with E-state index in [1.807, 2.05) is 5.43 Å². The van der Waals surface area contributed by atoms with E-state index in [-0.39, 0.29) is 5.91 Å². The number of carbonyl (C=O) groups is 1. The predicted octanol–water partition coefficient (Wildman–Crippen LogP) is 0.231. The Labute approximate surface area is 121 Å². The molecule has 0 aromatic carbocycles. The fourth-order valence-electron chi connectivity index (χ4n) is 1.27. The van der Waals surface area contributed by atoms with E-state index in [9.17, 15) is 4.79 Å². The number of nitrogens with two attached hydrogens (primary N) is 1. The van der Waals surface area contributed by atoms with Crippen LogP contribution in [0.1, 0.15) is 26.7 Å². The lowest BCUT2D eigenvalue weighted by molar-refractivity contribution is -0.132. The van der Waals surface area contributed by atoms with Gasteiger partial charge in [-0.05, 0) is 13.3 Å². The Bertz CT molecular complexity index is 229. The van der Waals surface area contributed by atoms with Crippen molar-refractivity contribution in [3.8, 4) is 0 Å². The largest absolute Gasteiger partial charge is 0.379 e. The molecule has 1 unspecified atom stereocenters. The van der Waals surface area contributed by atoms with Gasteiger partial charge >= 0.3 is 0 Å². The average molecular weight is 292 g/mol. The highest BCUT2D eigenvalue weighted by atomic mass is 16.6. The van der Waals surface area contributed by atoms with Crippen LogP contribution in [0.5, 0.6) is 0 Å². The van der Waals surface area contributed by atoms with Crippen LogP contribution in [0.25, 0.3) is 0 Å². The number of hydrogen-bond acceptors (Lipinski definition) is 6. The van der Waals surface area contributed by atoms with E-state index < -0.39 is 6.10 Å². The van der Waals surface area contributed by atoms with Gasteiger partial charge in [-0.25, -0.2) is 5.84 Å². The van der Waals surface area contributed by atoms with Gasteiger partial charge in [0.25, 0.3) is 5.91 Å². The van der Waals surface area contributed by atoms with Gasteiger partial charge in [0.05, 0.1) is 39.6 Å². The Kier molecular flexibility index (Phi) is 14.1. The molecular weight excluding hydrogens is 264 g/mol. The fourth-order valence-corrected chi connectivity index (χ4v) is 1.27. The number of ether oxygens (including phenoxy) is 4. The van der Waals surface area contributed by atoms with Crippen molar-refractivity contribution in [2.24, 2.45) is 5.84 Å². The molecule has 0 aliphatic rings. The first-order chi connectivity index (χ1) is 9.72. The third kappa shape index (κ3) is 12.3. The van der Waals surface area contributed by atoms with Crippen LogP contribution in [0.15, 0.2) is 0 Å². The van der Waals surface area contributed by atoms with Crippen molar-refractivity contribution in [1.82, 2.24) is 5.43 Å². The Balaban J connectivity index is 3.11. The van der Waals surface area contributed by atoms with E-state index in [2.05, 4.69) is 6.92 Å². The molecule has 20 heavy (non-hydrogen) atoms. The fraction of sp³-hybridized carbons (Fsp3) is 0.923. The summed E-state index contributed by atoms with van der Waals surface area (Å²) < 4.78 is 21.2. The highest BCUT2D eigenvalue weighted by Gasteiger charge is 2.10. The minimum Gasteiger partial charge on any atom is -0.379 e. The van der Waals surface area contributed by atoms with Crippen LogP contribution in [-0.2, 0) is 23.7 Å². The van der Waals surface area contributed by atoms with Crippen molar-refractivity contribution >= 4 is 5.91 Å². The lowest BCUT2D eigenvalue weighted by Crippen LogP contribution is -2.39. The molecule has 0 rings (SSSR count). The van der Waals surface area contributed by atoms with Gasteiger partial charge in [0.1, 0.15) is 6.10 Å². The molecule has 0 radical (unpaired) electrons. The zero-order chi connectivity index (χ0) is 15.1. The van der Waals surface area contributed by atoms with Crippen LogP contribution in [-0.4, -0.2) is 58.3 Å². The Morgan fingerprint density at radius 2 is 1.50 bits per heavy atom. The molecule has 1 atom stereocenters. The normalized spacial score (nSPS) is 12.3. The van der Waals surface area contributed by atoms with Gasteiger partial charge in [0, 0.05) is 6.61 Å². The van der Waals surface area contributed by atoms with Gasteiger partial charge in [0.15, 0.2) is 0 Å². The number of amides is 1. The van der Waals surface area contributed by atoms with Crippen LogP contribution >= 0.6 is 0 Å². The van der Waals surface area contributed by atoms with E-state index in [1.165, 1.54) is 0 Å². The molecule has 0 bridgehead atoms. The first kappa shape index (κ1) is 19.3. The number of unbranched alkanes of at least 4 members (excludes halogenated alkanes) is 1. The molecule has 0 fully saturated rings. The summed E-state index contributed by atoms with van der Waals surface area (Å²) in [6, 6.07) is 0. The maximum Gasteiger partial charge on any atom is 0.262 e. The molecule has 0 aliphatic heterocycles. The number of rotatable bonds is 14. The minimum atomic E-state index is -0.569. The maximum atomic E-state index is 11.0. The van der Waals surface area contributed by atoms with E-state index in [1.54, 1.807) is 6.92 Å². The van der Waals surface area contributed by atoms with Crippen LogP contribution in [0, 0.1) is 0 Å². The molecule has 0 saturated carbocycles. The maximum absolute atomic E-state index is 11.0. The van der Waals surface area contributed by atoms with Crippen molar-refractivity contribution in [3.63, 3.8) is 0 Å². The monoisotopic (exact) mass is 292 g/mol. The summed E-state index contributed by atoms with van der Waals surface area (Å²) in [4.78, 5) is 11.0. The molecule has 0 aromatic heterocycles. The molecule has 1 amide bonds. The second-order valence-corrected chi connectivity index (χ2v) is 4.21. The summed E-state index contributed by atoms with van der Waals surface area (Å²) in [5, 5.41) is 0. The first-order valence-electron chi connectivity index (χ1n) is 7.07. The quantitative estimate of drug-likeness (QED) is 0.206. The third-order valence-electron chi connectivity index (χ3n) is 2.49. The van der Waals surface area contributed by atoms with Crippen LogP contribution < -0.4 is 11.3 Å². The van der Waals surface area contributed by atoms with Crippen LogP contribution in [0.4, 0.5) is 0 Å². The predicted molar refractivity (Wildman–Crippen MR) is 75.1 cm³/mol. The Hall–Kier alpha value is -0.730. The highest BCUT2D eigenvalue weighted by Crippen LogP contribution is 1.90. The van der Waals surface area contributed by atoms with Crippen molar-refractivity contribution in [3.05, 3.63) is 0 Å². The zero-order valence-electron chi connectivity index (χ0n) is 12.6. The molecule has 7 nitrogen and oxygen atoms in total. The molecule has 3 N–H and O–H groups in total. The van der Waals surface area contributed by atoms with Crippen LogP contribution in [0.2, 0.25) is 0 Å². The van der Waals surface area contributed by atoms with Gasteiger partial charge in [0.2, 0.25) is 0 Å². The first-order valence-corrected chi connectivity index (χ1v) is 7.07. The number of nitrogens with one attached hydrogen (secondary N) is 1. The summed E-state index contributed by atoms with van der Waals surface area (Å²) >= 11 is 0. The Morgan fingerprint density at radius 3 is 2.00 bits per heavy atom. The summed E-state index contributed by atoms with van der Waals surface area (Å²) in [6.45, 7) is 7.53. The molecule has 120 valence electrons. The van der Waals surface area contributed by atoms with Gasteiger partial charge in [-0.2, -0.15) is 0 Å². The summed E-state index contributed by atoms with van der Waals surface area (Å²) in [5.41, 5.74) is 2.02.